The summed E-state index contributed by atoms with van der Waals surface area (Å²) >= 11 is 0. The maximum Gasteiger partial charge on any atom is 0.225 e. The van der Waals surface area contributed by atoms with Crippen molar-refractivity contribution in [3.05, 3.63) is 41.1 Å². The van der Waals surface area contributed by atoms with Gasteiger partial charge in [0.15, 0.2) is 0 Å². The normalized spacial score (nSPS) is 10.6. The molecule has 1 aromatic heterocycles. The van der Waals surface area contributed by atoms with Crippen LogP contribution in [0.15, 0.2) is 24.4 Å². The Kier molecular flexibility index (Phi) is 6.55. The van der Waals surface area contributed by atoms with Crippen LogP contribution in [0.3, 0.4) is 0 Å². The highest BCUT2D eigenvalue weighted by atomic mass is 15.2. The van der Waals surface area contributed by atoms with Crippen LogP contribution in [-0.4, -0.2) is 15.5 Å². The molecule has 23 heavy (non-hydrogen) atoms. The van der Waals surface area contributed by atoms with Crippen LogP contribution in [0.5, 0.6) is 0 Å². The predicted molar refractivity (Wildman–Crippen MR) is 101 cm³/mol. The van der Waals surface area contributed by atoms with Gasteiger partial charge in [0.25, 0.3) is 0 Å². The molecule has 4 heteroatoms. The summed E-state index contributed by atoms with van der Waals surface area (Å²) in [5.41, 5.74) is 4.48. The Morgan fingerprint density at radius 3 is 2.00 bits per heavy atom. The third-order valence-corrected chi connectivity index (χ3v) is 2.94. The zero-order chi connectivity index (χ0) is 17.6. The minimum absolute atomic E-state index is 0.0630. The highest BCUT2D eigenvalue weighted by molar-refractivity contribution is 5.61. The van der Waals surface area contributed by atoms with Crippen molar-refractivity contribution in [3.8, 4) is 0 Å². The van der Waals surface area contributed by atoms with E-state index in [-0.39, 0.29) is 5.54 Å². The van der Waals surface area contributed by atoms with E-state index in [9.17, 15) is 0 Å². The summed E-state index contributed by atoms with van der Waals surface area (Å²) in [5, 5.41) is 6.68. The number of aryl methyl sites for hydroxylation is 3. The number of hydrogen-bond donors (Lipinski definition) is 2. The fraction of sp³-hybridized carbons (Fsp3) is 0.474. The monoisotopic (exact) mass is 314 g/mol. The van der Waals surface area contributed by atoms with Crippen LogP contribution >= 0.6 is 0 Å². The zero-order valence-electron chi connectivity index (χ0n) is 15.7. The molecule has 0 unspecified atom stereocenters. The fourth-order valence-electron chi connectivity index (χ4n) is 2.15. The van der Waals surface area contributed by atoms with Crippen molar-refractivity contribution in [3.63, 3.8) is 0 Å². The number of nitrogens with one attached hydrogen (secondary N) is 2. The van der Waals surface area contributed by atoms with Gasteiger partial charge in [0, 0.05) is 23.0 Å². The van der Waals surface area contributed by atoms with Crippen molar-refractivity contribution in [2.45, 2.75) is 60.9 Å². The summed E-state index contributed by atoms with van der Waals surface area (Å²) in [6.45, 7) is 16.5. The number of hydrogen-bond acceptors (Lipinski definition) is 4. The van der Waals surface area contributed by atoms with Crippen molar-refractivity contribution in [1.82, 2.24) is 9.97 Å². The van der Waals surface area contributed by atoms with Gasteiger partial charge in [-0.05, 0) is 64.8 Å². The summed E-state index contributed by atoms with van der Waals surface area (Å²) in [7, 11) is 0. The van der Waals surface area contributed by atoms with Crippen LogP contribution in [-0.2, 0) is 0 Å². The number of rotatable bonds is 3. The molecule has 0 bridgehead atoms. The van der Waals surface area contributed by atoms with E-state index >= 15 is 0 Å². The Morgan fingerprint density at radius 2 is 1.48 bits per heavy atom. The minimum atomic E-state index is -0.0630. The summed E-state index contributed by atoms with van der Waals surface area (Å²) < 4.78 is 0. The zero-order valence-corrected chi connectivity index (χ0v) is 15.7. The minimum Gasteiger partial charge on any atom is -0.350 e. The van der Waals surface area contributed by atoms with Crippen molar-refractivity contribution in [2.75, 3.05) is 10.6 Å². The highest BCUT2D eigenvalue weighted by Gasteiger charge is 2.12. The Hall–Kier alpha value is -2.10. The number of aromatic nitrogens is 2. The lowest BCUT2D eigenvalue weighted by Gasteiger charge is -2.21. The third-order valence-electron chi connectivity index (χ3n) is 2.94. The Morgan fingerprint density at radius 1 is 0.913 bits per heavy atom. The van der Waals surface area contributed by atoms with Gasteiger partial charge < -0.3 is 10.6 Å². The Bertz CT molecular complexity index is 622. The molecule has 0 fully saturated rings. The first kappa shape index (κ1) is 18.9. The molecule has 0 amide bonds. The average molecular weight is 314 g/mol. The van der Waals surface area contributed by atoms with E-state index in [1.807, 2.05) is 27.0 Å². The molecule has 126 valence electrons. The van der Waals surface area contributed by atoms with Gasteiger partial charge in [-0.2, -0.15) is 4.98 Å². The molecule has 1 aromatic carbocycles. The molecular weight excluding hydrogens is 284 g/mol. The van der Waals surface area contributed by atoms with E-state index in [0.717, 1.165) is 17.1 Å². The molecule has 2 N–H and O–H groups in total. The van der Waals surface area contributed by atoms with E-state index in [1.54, 1.807) is 0 Å². The van der Waals surface area contributed by atoms with Crippen LogP contribution in [0.1, 0.15) is 51.3 Å². The molecule has 0 aliphatic carbocycles. The average Bonchev–Trinajstić information content (AvgIpc) is 2.42. The molecule has 0 spiro atoms. The van der Waals surface area contributed by atoms with E-state index in [4.69, 9.17) is 0 Å². The number of benzene rings is 1. The van der Waals surface area contributed by atoms with Crippen LogP contribution in [0.4, 0.5) is 17.5 Å². The van der Waals surface area contributed by atoms with Gasteiger partial charge in [-0.1, -0.05) is 19.9 Å². The van der Waals surface area contributed by atoms with Crippen LogP contribution in [0.25, 0.3) is 0 Å². The quantitative estimate of drug-likeness (QED) is 0.798. The van der Waals surface area contributed by atoms with Crippen molar-refractivity contribution in [1.29, 1.82) is 0 Å². The van der Waals surface area contributed by atoms with Gasteiger partial charge in [0.05, 0.1) is 0 Å². The van der Waals surface area contributed by atoms with Gasteiger partial charge in [-0.3, -0.25) is 0 Å². The number of anilines is 3. The molecule has 0 saturated heterocycles. The van der Waals surface area contributed by atoms with Crippen molar-refractivity contribution >= 4 is 17.5 Å². The maximum absolute atomic E-state index is 4.58. The van der Waals surface area contributed by atoms with E-state index < -0.39 is 0 Å². The topological polar surface area (TPSA) is 49.8 Å². The molecule has 0 atom stereocenters. The first-order chi connectivity index (χ1) is 10.7. The molecule has 4 nitrogen and oxygen atoms in total. The second-order valence-corrected chi connectivity index (χ2v) is 6.60. The lowest BCUT2D eigenvalue weighted by atomic mass is 10.1. The SMILES string of the molecule is CC.Cc1cc(C)cc(Nc2nc(NC(C)(C)C)ncc2C)c1. The van der Waals surface area contributed by atoms with E-state index in [0.29, 0.717) is 5.95 Å². The summed E-state index contributed by atoms with van der Waals surface area (Å²) in [6.07, 6.45) is 1.84. The van der Waals surface area contributed by atoms with Gasteiger partial charge in [-0.25, -0.2) is 4.98 Å². The summed E-state index contributed by atoms with van der Waals surface area (Å²) in [4.78, 5) is 8.92. The Balaban J connectivity index is 0.00000127. The Labute approximate surface area is 140 Å². The van der Waals surface area contributed by atoms with Gasteiger partial charge >= 0.3 is 0 Å². The molecule has 0 radical (unpaired) electrons. The highest BCUT2D eigenvalue weighted by Crippen LogP contribution is 2.22. The van der Waals surface area contributed by atoms with Crippen LogP contribution < -0.4 is 10.6 Å². The fourth-order valence-corrected chi connectivity index (χ4v) is 2.15. The van der Waals surface area contributed by atoms with Crippen LogP contribution in [0.2, 0.25) is 0 Å². The lowest BCUT2D eigenvalue weighted by molar-refractivity contribution is 0.626. The second kappa shape index (κ2) is 7.95. The molecule has 2 rings (SSSR count). The van der Waals surface area contributed by atoms with Gasteiger partial charge in [0.2, 0.25) is 5.95 Å². The first-order valence-electron chi connectivity index (χ1n) is 8.20. The van der Waals surface area contributed by atoms with Gasteiger partial charge in [-0.15, -0.1) is 0 Å². The van der Waals surface area contributed by atoms with E-state index in [1.165, 1.54) is 11.1 Å². The van der Waals surface area contributed by atoms with Crippen molar-refractivity contribution < 1.29 is 0 Å². The maximum atomic E-state index is 4.58. The molecule has 2 aromatic rings. The molecule has 0 saturated carbocycles. The molecule has 0 aliphatic rings. The van der Waals surface area contributed by atoms with E-state index in [2.05, 4.69) is 73.4 Å². The summed E-state index contributed by atoms with van der Waals surface area (Å²) in [6, 6.07) is 6.39. The molecular formula is C19H30N4. The third kappa shape index (κ3) is 6.27. The summed E-state index contributed by atoms with van der Waals surface area (Å²) in [5.74, 6) is 1.47. The van der Waals surface area contributed by atoms with Crippen molar-refractivity contribution in [2.24, 2.45) is 0 Å². The number of nitrogens with zero attached hydrogens (tertiary/aromatic N) is 2. The predicted octanol–water partition coefficient (Wildman–Crippen LogP) is 5.38. The van der Waals surface area contributed by atoms with Gasteiger partial charge in [0.1, 0.15) is 5.82 Å². The molecule has 1 heterocycles. The smallest absolute Gasteiger partial charge is 0.225 e. The molecule has 0 aliphatic heterocycles. The largest absolute Gasteiger partial charge is 0.350 e. The standard InChI is InChI=1S/C17H24N4.C2H6/c1-11-7-12(2)9-14(8-11)19-15-13(3)10-18-16(20-15)21-17(4,5)6;1-2/h7-10H,1-6H3,(H2,18,19,20,21);1-2H3. The van der Waals surface area contributed by atoms with Crippen LogP contribution in [0, 0.1) is 20.8 Å². The lowest BCUT2D eigenvalue weighted by Crippen LogP contribution is -2.27. The first-order valence-corrected chi connectivity index (χ1v) is 8.20. The second-order valence-electron chi connectivity index (χ2n) is 6.60.